The number of hydrogen-bond acceptors (Lipinski definition) is 5. The summed E-state index contributed by atoms with van der Waals surface area (Å²) in [7, 11) is -4.17. The van der Waals surface area contributed by atoms with Crippen LogP contribution in [0.5, 0.6) is 0 Å². The van der Waals surface area contributed by atoms with Crippen molar-refractivity contribution in [3.63, 3.8) is 0 Å². The van der Waals surface area contributed by atoms with E-state index >= 15 is 0 Å². The van der Waals surface area contributed by atoms with Crippen molar-refractivity contribution in [1.82, 2.24) is 0 Å². The molecular formula is C20H20O5S. The van der Waals surface area contributed by atoms with E-state index in [1.807, 2.05) is 6.07 Å². The number of sulfone groups is 1. The number of ether oxygens (including phenoxy) is 2. The molecule has 1 fully saturated rings. The molecule has 0 aromatic heterocycles. The molecule has 0 amide bonds. The van der Waals surface area contributed by atoms with E-state index < -0.39 is 26.7 Å². The normalized spacial score (nSPS) is 23.0. The van der Waals surface area contributed by atoms with Crippen molar-refractivity contribution in [2.24, 2.45) is 0 Å². The van der Waals surface area contributed by atoms with E-state index in [4.69, 9.17) is 9.47 Å². The van der Waals surface area contributed by atoms with Crippen molar-refractivity contribution in [1.29, 1.82) is 0 Å². The molecule has 26 heavy (non-hydrogen) atoms. The van der Waals surface area contributed by atoms with Gasteiger partial charge in [0.15, 0.2) is 0 Å². The minimum absolute atomic E-state index is 0.0284. The number of rotatable bonds is 5. The van der Waals surface area contributed by atoms with Gasteiger partial charge in [0, 0.05) is 0 Å². The van der Waals surface area contributed by atoms with Crippen LogP contribution in [0.25, 0.3) is 0 Å². The lowest BCUT2D eigenvalue weighted by Gasteiger charge is -2.32. The van der Waals surface area contributed by atoms with Gasteiger partial charge in [-0.3, -0.25) is 0 Å². The van der Waals surface area contributed by atoms with Crippen LogP contribution < -0.4 is 0 Å². The average molecular weight is 372 g/mol. The summed E-state index contributed by atoms with van der Waals surface area (Å²) < 4.78 is 36.2. The van der Waals surface area contributed by atoms with E-state index in [1.165, 1.54) is 12.1 Å². The van der Waals surface area contributed by atoms with Crippen molar-refractivity contribution in [2.75, 3.05) is 13.2 Å². The largest absolute Gasteiger partial charge is 0.464 e. The van der Waals surface area contributed by atoms with Crippen molar-refractivity contribution in [3.8, 4) is 0 Å². The molecule has 0 saturated carbocycles. The third-order valence-corrected chi connectivity index (χ3v) is 6.89. The second-order valence-corrected chi connectivity index (χ2v) is 8.10. The second kappa shape index (κ2) is 7.05. The Balaban J connectivity index is 2.27. The number of carbonyl (C=O) groups excluding carboxylic acids is 1. The molecule has 1 aliphatic rings. The highest BCUT2D eigenvalue weighted by Gasteiger charge is 2.64. The summed E-state index contributed by atoms with van der Waals surface area (Å²) in [5.41, 5.74) is 0.757. The van der Waals surface area contributed by atoms with Crippen LogP contribution in [0, 0.1) is 0 Å². The zero-order chi connectivity index (χ0) is 18.8. The minimum Gasteiger partial charge on any atom is -0.464 e. The lowest BCUT2D eigenvalue weighted by atomic mass is 9.91. The van der Waals surface area contributed by atoms with Gasteiger partial charge < -0.3 is 9.47 Å². The van der Waals surface area contributed by atoms with E-state index in [9.17, 15) is 13.2 Å². The lowest BCUT2D eigenvalue weighted by Crippen LogP contribution is -2.51. The Morgan fingerprint density at radius 3 is 2.31 bits per heavy atom. The van der Waals surface area contributed by atoms with Crippen molar-refractivity contribution in [2.45, 2.75) is 22.7 Å². The van der Waals surface area contributed by atoms with Gasteiger partial charge in [0.05, 0.1) is 18.1 Å². The number of hydrogen-bond donors (Lipinski definition) is 0. The van der Waals surface area contributed by atoms with E-state index in [0.717, 1.165) is 0 Å². The topological polar surface area (TPSA) is 69.7 Å². The van der Waals surface area contributed by atoms with Crippen molar-refractivity contribution < 1.29 is 22.7 Å². The first-order valence-corrected chi connectivity index (χ1v) is 9.76. The van der Waals surface area contributed by atoms with Gasteiger partial charge in [0.1, 0.15) is 6.10 Å². The Labute approximate surface area is 153 Å². The Bertz CT molecular complexity index is 906. The van der Waals surface area contributed by atoms with Gasteiger partial charge in [-0.15, -0.1) is 0 Å². The van der Waals surface area contributed by atoms with E-state index in [1.54, 1.807) is 49.4 Å². The highest BCUT2D eigenvalue weighted by atomic mass is 32.2. The molecule has 0 aliphatic carbocycles. The van der Waals surface area contributed by atoms with Gasteiger partial charge in [0.25, 0.3) is 0 Å². The minimum atomic E-state index is -4.17. The average Bonchev–Trinajstić information content (AvgIpc) is 3.02. The molecule has 6 heteroatoms. The predicted molar refractivity (Wildman–Crippen MR) is 97.3 cm³/mol. The fraction of sp³-hybridized carbons (Fsp3) is 0.250. The maximum atomic E-state index is 13.6. The van der Waals surface area contributed by atoms with E-state index in [0.29, 0.717) is 5.56 Å². The van der Waals surface area contributed by atoms with Crippen LogP contribution in [0.3, 0.4) is 0 Å². The summed E-state index contributed by atoms with van der Waals surface area (Å²) in [4.78, 5) is 13.1. The standard InChI is InChI=1S/C20H20O5S/c1-3-24-19(21)20(26(22,23)17-12-8-5-9-13-17)15(2)14-25-18(20)16-10-6-4-7-11-16/h4-13,18H,2-3,14H2,1H3/t18-,20+/m1/s1. The first-order chi connectivity index (χ1) is 12.5. The molecule has 0 bridgehead atoms. The number of esters is 1. The number of benzene rings is 2. The van der Waals surface area contributed by atoms with Crippen LogP contribution in [-0.4, -0.2) is 32.3 Å². The molecule has 136 valence electrons. The van der Waals surface area contributed by atoms with Crippen LogP contribution in [0.4, 0.5) is 0 Å². The summed E-state index contributed by atoms with van der Waals surface area (Å²) >= 11 is 0. The smallest absolute Gasteiger partial charge is 0.335 e. The zero-order valence-corrected chi connectivity index (χ0v) is 15.2. The quantitative estimate of drug-likeness (QED) is 0.596. The molecule has 3 rings (SSSR count). The summed E-state index contributed by atoms with van der Waals surface area (Å²) in [6.07, 6.45) is -1.03. The van der Waals surface area contributed by atoms with Gasteiger partial charge in [-0.25, -0.2) is 13.2 Å². The number of carbonyl (C=O) groups is 1. The monoisotopic (exact) mass is 372 g/mol. The Morgan fingerprint density at radius 1 is 1.15 bits per heavy atom. The predicted octanol–water partition coefficient (Wildman–Crippen LogP) is 3.09. The summed E-state index contributed by atoms with van der Waals surface area (Å²) in [5, 5.41) is 0. The molecule has 0 radical (unpaired) electrons. The zero-order valence-electron chi connectivity index (χ0n) is 14.4. The summed E-state index contributed by atoms with van der Waals surface area (Å²) in [6.45, 7) is 5.53. The Morgan fingerprint density at radius 2 is 1.73 bits per heavy atom. The molecule has 0 spiro atoms. The Hall–Kier alpha value is -2.44. The molecule has 2 aromatic rings. The fourth-order valence-corrected chi connectivity index (χ4v) is 5.36. The maximum Gasteiger partial charge on any atom is 0.335 e. The van der Waals surface area contributed by atoms with Crippen LogP contribution in [0.2, 0.25) is 0 Å². The molecule has 1 heterocycles. The SMILES string of the molecule is C=C1CO[C@H](c2ccccc2)[C@@]1(C(=O)OCC)S(=O)(=O)c1ccccc1. The molecule has 0 N–H and O–H groups in total. The van der Waals surface area contributed by atoms with Gasteiger partial charge in [-0.05, 0) is 30.2 Å². The van der Waals surface area contributed by atoms with Crippen LogP contribution >= 0.6 is 0 Å². The van der Waals surface area contributed by atoms with Crippen LogP contribution in [0.1, 0.15) is 18.6 Å². The second-order valence-electron chi connectivity index (χ2n) is 5.98. The van der Waals surface area contributed by atoms with Gasteiger partial charge >= 0.3 is 5.97 Å². The summed E-state index contributed by atoms with van der Waals surface area (Å²) in [5.74, 6) is -0.861. The highest BCUT2D eigenvalue weighted by molar-refractivity contribution is 7.94. The molecule has 2 atom stereocenters. The third kappa shape index (κ3) is 2.66. The van der Waals surface area contributed by atoms with Gasteiger partial charge in [-0.1, -0.05) is 55.1 Å². The van der Waals surface area contributed by atoms with Crippen molar-refractivity contribution in [3.05, 3.63) is 78.4 Å². The first-order valence-electron chi connectivity index (χ1n) is 8.28. The van der Waals surface area contributed by atoms with E-state index in [-0.39, 0.29) is 23.7 Å². The molecule has 1 aliphatic heterocycles. The molecule has 5 nitrogen and oxygen atoms in total. The maximum absolute atomic E-state index is 13.6. The molecular weight excluding hydrogens is 352 g/mol. The lowest BCUT2D eigenvalue weighted by molar-refractivity contribution is -0.147. The third-order valence-electron chi connectivity index (χ3n) is 4.48. The van der Waals surface area contributed by atoms with Crippen LogP contribution in [-0.2, 0) is 24.1 Å². The first kappa shape index (κ1) is 18.4. The fourth-order valence-electron chi connectivity index (χ4n) is 3.27. The highest BCUT2D eigenvalue weighted by Crippen LogP contribution is 2.49. The van der Waals surface area contributed by atoms with Gasteiger partial charge in [-0.2, -0.15) is 0 Å². The van der Waals surface area contributed by atoms with Gasteiger partial charge in [0.2, 0.25) is 14.6 Å². The van der Waals surface area contributed by atoms with Crippen LogP contribution in [0.15, 0.2) is 77.7 Å². The van der Waals surface area contributed by atoms with Crippen molar-refractivity contribution >= 4 is 15.8 Å². The molecule has 0 unspecified atom stereocenters. The molecule has 2 aromatic carbocycles. The van der Waals surface area contributed by atoms with E-state index in [2.05, 4.69) is 6.58 Å². The summed E-state index contributed by atoms with van der Waals surface area (Å²) in [6, 6.07) is 16.7. The Kier molecular flexibility index (Phi) is 4.98. The molecule has 1 saturated heterocycles.